The van der Waals surface area contributed by atoms with Crippen LogP contribution in [0.15, 0.2) is 29.8 Å². The molecule has 1 aromatic rings. The van der Waals surface area contributed by atoms with E-state index in [1.807, 2.05) is 18.2 Å². The number of hydrogen-bond donors (Lipinski definition) is 0. The van der Waals surface area contributed by atoms with E-state index in [-0.39, 0.29) is 5.60 Å². The molecule has 0 amide bonds. The lowest BCUT2D eigenvalue weighted by Gasteiger charge is -2.30. The third-order valence-corrected chi connectivity index (χ3v) is 3.60. The van der Waals surface area contributed by atoms with Crippen molar-refractivity contribution in [2.24, 2.45) is 0 Å². The van der Waals surface area contributed by atoms with Gasteiger partial charge in [-0.15, -0.1) is 0 Å². The maximum Gasteiger partial charge on any atom is 0.128 e. The van der Waals surface area contributed by atoms with Crippen molar-refractivity contribution in [2.45, 2.75) is 39.2 Å². The molecule has 0 heterocycles. The van der Waals surface area contributed by atoms with Crippen molar-refractivity contribution >= 4 is 0 Å². The highest BCUT2D eigenvalue weighted by molar-refractivity contribution is 5.43. The smallest absolute Gasteiger partial charge is 0.128 e. The van der Waals surface area contributed by atoms with Gasteiger partial charge in [-0.25, -0.2) is 0 Å². The second-order valence-electron chi connectivity index (χ2n) is 5.32. The Hall–Kier alpha value is -1.48. The highest BCUT2D eigenvalue weighted by Gasteiger charge is 2.29. The first-order valence-corrected chi connectivity index (χ1v) is 6.88. The van der Waals surface area contributed by atoms with Crippen molar-refractivity contribution in [1.29, 1.82) is 0 Å². The van der Waals surface area contributed by atoms with Gasteiger partial charge in [0.25, 0.3) is 0 Å². The van der Waals surface area contributed by atoms with E-state index in [1.54, 1.807) is 21.3 Å². The number of ether oxygens (including phenoxy) is 3. The molecule has 20 heavy (non-hydrogen) atoms. The first-order valence-electron chi connectivity index (χ1n) is 6.88. The van der Waals surface area contributed by atoms with Crippen molar-refractivity contribution in [2.75, 3.05) is 21.3 Å². The Balaban J connectivity index is 3.06. The molecule has 1 rings (SSSR count). The minimum Gasteiger partial charge on any atom is -0.497 e. The molecule has 0 aliphatic carbocycles. The van der Waals surface area contributed by atoms with Gasteiger partial charge in [0.05, 0.1) is 19.8 Å². The molecule has 0 aliphatic rings. The number of rotatable bonds is 7. The van der Waals surface area contributed by atoms with Gasteiger partial charge >= 0.3 is 0 Å². The lowest BCUT2D eigenvalue weighted by Crippen LogP contribution is -2.25. The van der Waals surface area contributed by atoms with E-state index in [2.05, 4.69) is 26.8 Å². The molecular formula is C17H26O3. The van der Waals surface area contributed by atoms with Crippen LogP contribution in [0.2, 0.25) is 0 Å². The largest absolute Gasteiger partial charge is 0.497 e. The van der Waals surface area contributed by atoms with E-state index in [0.29, 0.717) is 0 Å². The average Bonchev–Trinajstić information content (AvgIpc) is 2.45. The van der Waals surface area contributed by atoms with Gasteiger partial charge < -0.3 is 14.2 Å². The van der Waals surface area contributed by atoms with Gasteiger partial charge in [-0.05, 0) is 45.7 Å². The third kappa shape index (κ3) is 4.01. The van der Waals surface area contributed by atoms with Gasteiger partial charge in [0, 0.05) is 18.7 Å². The van der Waals surface area contributed by atoms with Crippen LogP contribution < -0.4 is 9.47 Å². The van der Waals surface area contributed by atoms with Gasteiger partial charge in [-0.2, -0.15) is 0 Å². The van der Waals surface area contributed by atoms with Crippen molar-refractivity contribution in [3.63, 3.8) is 0 Å². The molecule has 0 spiro atoms. The van der Waals surface area contributed by atoms with Crippen LogP contribution in [0.3, 0.4) is 0 Å². The van der Waals surface area contributed by atoms with Crippen molar-refractivity contribution in [3.05, 3.63) is 35.4 Å². The molecule has 0 saturated carbocycles. The molecule has 0 saturated heterocycles. The van der Waals surface area contributed by atoms with Crippen LogP contribution in [-0.4, -0.2) is 21.3 Å². The molecule has 112 valence electrons. The van der Waals surface area contributed by atoms with Gasteiger partial charge in [-0.1, -0.05) is 11.6 Å². The van der Waals surface area contributed by atoms with Crippen LogP contribution in [0, 0.1) is 0 Å². The van der Waals surface area contributed by atoms with Crippen LogP contribution in [-0.2, 0) is 10.3 Å². The fourth-order valence-electron chi connectivity index (χ4n) is 2.22. The summed E-state index contributed by atoms with van der Waals surface area (Å²) in [6, 6.07) is 5.85. The molecule has 0 radical (unpaired) electrons. The molecular weight excluding hydrogens is 252 g/mol. The Bertz CT molecular complexity index is 461. The predicted molar refractivity (Wildman–Crippen MR) is 82.6 cm³/mol. The molecule has 1 unspecified atom stereocenters. The highest BCUT2D eigenvalue weighted by atomic mass is 16.5. The zero-order valence-electron chi connectivity index (χ0n) is 13.4. The second-order valence-corrected chi connectivity index (χ2v) is 5.32. The summed E-state index contributed by atoms with van der Waals surface area (Å²) in [7, 11) is 5.06. The standard InChI is InChI=1S/C17H26O3/c1-13(2)8-7-11-17(3,20-6)15-10-9-14(18-4)12-16(15)19-5/h8-10,12H,7,11H2,1-6H3. The van der Waals surface area contributed by atoms with Gasteiger partial charge in [0.1, 0.15) is 11.5 Å². The lowest BCUT2D eigenvalue weighted by atomic mass is 9.89. The maximum atomic E-state index is 5.77. The number of methoxy groups -OCH3 is 3. The topological polar surface area (TPSA) is 27.7 Å². The van der Waals surface area contributed by atoms with Crippen LogP contribution in [0.1, 0.15) is 39.2 Å². The molecule has 0 aromatic heterocycles. The summed E-state index contributed by atoms with van der Waals surface area (Å²) in [5.41, 5.74) is 2.00. The number of hydrogen-bond acceptors (Lipinski definition) is 3. The van der Waals surface area contributed by atoms with Gasteiger partial charge in [0.15, 0.2) is 0 Å². The Morgan fingerprint density at radius 1 is 1.15 bits per heavy atom. The Morgan fingerprint density at radius 2 is 1.85 bits per heavy atom. The van der Waals surface area contributed by atoms with Crippen molar-refractivity contribution < 1.29 is 14.2 Å². The summed E-state index contributed by atoms with van der Waals surface area (Å²) < 4.78 is 16.5. The fraction of sp³-hybridized carbons (Fsp3) is 0.529. The van der Waals surface area contributed by atoms with E-state index in [4.69, 9.17) is 14.2 Å². The SMILES string of the molecule is COc1ccc(C(C)(CCC=C(C)C)OC)c(OC)c1. The Morgan fingerprint density at radius 3 is 2.35 bits per heavy atom. The normalized spacial score (nSPS) is 13.5. The van der Waals surface area contributed by atoms with E-state index in [0.717, 1.165) is 29.9 Å². The van der Waals surface area contributed by atoms with E-state index in [9.17, 15) is 0 Å². The Kier molecular flexibility index (Phi) is 6.08. The molecule has 0 fully saturated rings. The highest BCUT2D eigenvalue weighted by Crippen LogP contribution is 2.38. The zero-order valence-corrected chi connectivity index (χ0v) is 13.4. The summed E-state index contributed by atoms with van der Waals surface area (Å²) in [5.74, 6) is 1.58. The van der Waals surface area contributed by atoms with E-state index >= 15 is 0 Å². The fourth-order valence-corrected chi connectivity index (χ4v) is 2.22. The monoisotopic (exact) mass is 278 g/mol. The lowest BCUT2D eigenvalue weighted by molar-refractivity contribution is -0.00653. The summed E-state index contributed by atoms with van der Waals surface area (Å²) in [4.78, 5) is 0. The number of allylic oxidation sites excluding steroid dienone is 2. The van der Waals surface area contributed by atoms with Crippen LogP contribution >= 0.6 is 0 Å². The molecule has 3 nitrogen and oxygen atoms in total. The minimum atomic E-state index is -0.371. The second kappa shape index (κ2) is 7.34. The zero-order chi connectivity index (χ0) is 15.2. The number of benzene rings is 1. The van der Waals surface area contributed by atoms with Crippen molar-refractivity contribution in [1.82, 2.24) is 0 Å². The maximum absolute atomic E-state index is 5.77. The quantitative estimate of drug-likeness (QED) is 0.695. The molecule has 1 aromatic carbocycles. The minimum absolute atomic E-state index is 0.371. The predicted octanol–water partition coefficient (Wildman–Crippen LogP) is 4.31. The first kappa shape index (κ1) is 16.6. The average molecular weight is 278 g/mol. The van der Waals surface area contributed by atoms with Crippen molar-refractivity contribution in [3.8, 4) is 11.5 Å². The molecule has 0 bridgehead atoms. The van der Waals surface area contributed by atoms with Crippen LogP contribution in [0.4, 0.5) is 0 Å². The molecule has 0 N–H and O–H groups in total. The van der Waals surface area contributed by atoms with E-state index in [1.165, 1.54) is 5.57 Å². The molecule has 1 atom stereocenters. The first-order chi connectivity index (χ1) is 9.46. The van der Waals surface area contributed by atoms with Gasteiger partial charge in [0.2, 0.25) is 0 Å². The molecule has 0 aliphatic heterocycles. The Labute approximate surface area is 122 Å². The van der Waals surface area contributed by atoms with Crippen LogP contribution in [0.5, 0.6) is 11.5 Å². The van der Waals surface area contributed by atoms with Crippen LogP contribution in [0.25, 0.3) is 0 Å². The molecule has 3 heteroatoms. The summed E-state index contributed by atoms with van der Waals surface area (Å²) in [5, 5.41) is 0. The summed E-state index contributed by atoms with van der Waals surface area (Å²) >= 11 is 0. The van der Waals surface area contributed by atoms with E-state index < -0.39 is 0 Å². The summed E-state index contributed by atoms with van der Waals surface area (Å²) in [6.45, 7) is 6.31. The third-order valence-electron chi connectivity index (χ3n) is 3.60. The summed E-state index contributed by atoms with van der Waals surface area (Å²) in [6.07, 6.45) is 4.10. The van der Waals surface area contributed by atoms with Gasteiger partial charge in [-0.3, -0.25) is 0 Å².